The highest BCUT2D eigenvalue weighted by Gasteiger charge is 2.17. The number of allylic oxidation sites excluding steroid dienone is 4. The number of hydrogen-bond donors (Lipinski definition) is 1. The molecule has 0 aromatic heterocycles. The van der Waals surface area contributed by atoms with E-state index in [-0.39, 0.29) is 6.10 Å². The predicted molar refractivity (Wildman–Crippen MR) is 110 cm³/mol. The van der Waals surface area contributed by atoms with Gasteiger partial charge in [0.2, 0.25) is 0 Å². The van der Waals surface area contributed by atoms with Crippen molar-refractivity contribution < 1.29 is 4.74 Å². The molecule has 4 rings (SSSR count). The zero-order valence-corrected chi connectivity index (χ0v) is 16.0. The van der Waals surface area contributed by atoms with E-state index in [1.165, 1.54) is 16.7 Å². The van der Waals surface area contributed by atoms with E-state index < -0.39 is 0 Å². The highest BCUT2D eigenvalue weighted by Crippen LogP contribution is 2.38. The van der Waals surface area contributed by atoms with Crippen LogP contribution in [0.4, 0.5) is 0 Å². The molecule has 0 radical (unpaired) electrons. The lowest BCUT2D eigenvalue weighted by Gasteiger charge is -2.19. The van der Waals surface area contributed by atoms with E-state index in [2.05, 4.69) is 41.7 Å². The lowest BCUT2D eigenvalue weighted by atomic mass is 9.88. The van der Waals surface area contributed by atoms with E-state index in [9.17, 15) is 0 Å². The Morgan fingerprint density at radius 1 is 1.04 bits per heavy atom. The first-order valence-electron chi connectivity index (χ1n) is 9.03. The number of halogens is 2. The highest BCUT2D eigenvalue weighted by atomic mass is 35.5. The predicted octanol–water partition coefficient (Wildman–Crippen LogP) is 5.99. The lowest BCUT2D eigenvalue weighted by molar-refractivity contribution is 0.223. The first kappa shape index (κ1) is 17.7. The summed E-state index contributed by atoms with van der Waals surface area (Å²) in [5.41, 5.74) is 4.73. The standard InChI is InChI=1S/C22H21Cl2NO/c23-16-7-10-21(22(24)13-16)20-4-2-1-3-19(20)15-5-8-17(9-6-15)26-18-11-12-25-14-18/h1,3,5-10,13,18,25H,2,4,11-12,14H2/t18-/m0/s1. The van der Waals surface area contributed by atoms with E-state index >= 15 is 0 Å². The first-order chi connectivity index (χ1) is 12.7. The van der Waals surface area contributed by atoms with Gasteiger partial charge in [-0.25, -0.2) is 0 Å². The van der Waals surface area contributed by atoms with Crippen LogP contribution in [0.3, 0.4) is 0 Å². The molecule has 1 heterocycles. The van der Waals surface area contributed by atoms with Crippen molar-refractivity contribution in [3.63, 3.8) is 0 Å². The van der Waals surface area contributed by atoms with E-state index in [0.717, 1.165) is 43.7 Å². The molecule has 26 heavy (non-hydrogen) atoms. The maximum atomic E-state index is 6.47. The van der Waals surface area contributed by atoms with Crippen molar-refractivity contribution in [2.45, 2.75) is 25.4 Å². The summed E-state index contributed by atoms with van der Waals surface area (Å²) in [6.45, 7) is 1.96. The summed E-state index contributed by atoms with van der Waals surface area (Å²) < 4.78 is 6.03. The van der Waals surface area contributed by atoms with Crippen LogP contribution in [0.15, 0.2) is 54.6 Å². The first-order valence-corrected chi connectivity index (χ1v) is 9.79. The summed E-state index contributed by atoms with van der Waals surface area (Å²) in [6.07, 6.45) is 7.75. The molecule has 0 bridgehead atoms. The van der Waals surface area contributed by atoms with E-state index in [0.29, 0.717) is 10.0 Å². The maximum Gasteiger partial charge on any atom is 0.119 e. The molecular formula is C22H21Cl2NO. The van der Waals surface area contributed by atoms with Gasteiger partial charge in [-0.05, 0) is 72.3 Å². The Labute approximate surface area is 164 Å². The van der Waals surface area contributed by atoms with Gasteiger partial charge in [-0.3, -0.25) is 0 Å². The molecule has 2 aliphatic rings. The van der Waals surface area contributed by atoms with Crippen LogP contribution in [0.25, 0.3) is 11.1 Å². The number of ether oxygens (including phenoxy) is 1. The molecule has 4 heteroatoms. The van der Waals surface area contributed by atoms with Crippen LogP contribution >= 0.6 is 23.2 Å². The fourth-order valence-corrected chi connectivity index (χ4v) is 4.11. The number of rotatable bonds is 4. The molecule has 0 amide bonds. The summed E-state index contributed by atoms with van der Waals surface area (Å²) in [6, 6.07) is 14.1. The minimum atomic E-state index is 0.276. The topological polar surface area (TPSA) is 21.3 Å². The summed E-state index contributed by atoms with van der Waals surface area (Å²) in [5.74, 6) is 0.925. The number of benzene rings is 2. The molecule has 1 atom stereocenters. The number of hydrogen-bond acceptors (Lipinski definition) is 2. The van der Waals surface area contributed by atoms with Gasteiger partial charge in [0.05, 0.1) is 0 Å². The van der Waals surface area contributed by atoms with Gasteiger partial charge >= 0.3 is 0 Å². The van der Waals surface area contributed by atoms with Gasteiger partial charge < -0.3 is 10.1 Å². The average Bonchev–Trinajstić information content (AvgIpc) is 3.16. The molecule has 2 nitrogen and oxygen atoms in total. The van der Waals surface area contributed by atoms with Gasteiger partial charge in [-0.2, -0.15) is 0 Å². The fourth-order valence-electron chi connectivity index (χ4n) is 3.58. The molecule has 1 saturated heterocycles. The SMILES string of the molecule is Clc1ccc(C2=C(c3ccc(O[C@H]4CCNC4)cc3)C=CCC2)c(Cl)c1. The molecule has 2 aromatic carbocycles. The van der Waals surface area contributed by atoms with Crippen molar-refractivity contribution in [3.05, 3.63) is 75.8 Å². The van der Waals surface area contributed by atoms with Crippen molar-refractivity contribution in [2.75, 3.05) is 13.1 Å². The van der Waals surface area contributed by atoms with Gasteiger partial charge in [-0.15, -0.1) is 0 Å². The molecule has 1 fully saturated rings. The monoisotopic (exact) mass is 385 g/mol. The Hall–Kier alpha value is -1.74. The second kappa shape index (κ2) is 7.87. The highest BCUT2D eigenvalue weighted by molar-refractivity contribution is 6.36. The quantitative estimate of drug-likeness (QED) is 0.696. The Bertz CT molecular complexity index is 849. The molecule has 134 valence electrons. The Morgan fingerprint density at radius 3 is 2.62 bits per heavy atom. The van der Waals surface area contributed by atoms with Crippen LogP contribution in [0.1, 0.15) is 30.4 Å². The minimum Gasteiger partial charge on any atom is -0.489 e. The molecule has 0 unspecified atom stereocenters. The number of nitrogens with one attached hydrogen (secondary N) is 1. The molecule has 0 spiro atoms. The van der Waals surface area contributed by atoms with Crippen molar-refractivity contribution in [1.82, 2.24) is 5.32 Å². The van der Waals surface area contributed by atoms with Gasteiger partial charge in [0.1, 0.15) is 11.9 Å². The van der Waals surface area contributed by atoms with Gasteiger partial charge in [0.25, 0.3) is 0 Å². The zero-order chi connectivity index (χ0) is 17.9. The fraction of sp³-hybridized carbons (Fsp3) is 0.273. The average molecular weight is 386 g/mol. The van der Waals surface area contributed by atoms with Crippen molar-refractivity contribution in [3.8, 4) is 5.75 Å². The van der Waals surface area contributed by atoms with Crippen LogP contribution in [-0.4, -0.2) is 19.2 Å². The summed E-state index contributed by atoms with van der Waals surface area (Å²) in [7, 11) is 0. The molecule has 0 saturated carbocycles. The molecule has 1 aliphatic heterocycles. The minimum absolute atomic E-state index is 0.276. The lowest BCUT2D eigenvalue weighted by Crippen LogP contribution is -2.19. The van der Waals surface area contributed by atoms with Crippen molar-refractivity contribution in [2.24, 2.45) is 0 Å². The molecule has 1 N–H and O–H groups in total. The maximum absolute atomic E-state index is 6.47. The van der Waals surface area contributed by atoms with Crippen LogP contribution in [0.5, 0.6) is 5.75 Å². The Kier molecular flexibility index (Phi) is 5.35. The van der Waals surface area contributed by atoms with Gasteiger partial charge in [-0.1, -0.05) is 53.6 Å². The molecular weight excluding hydrogens is 365 g/mol. The second-order valence-corrected chi connectivity index (χ2v) is 7.56. The Morgan fingerprint density at radius 2 is 1.88 bits per heavy atom. The normalized spacial score (nSPS) is 19.8. The third-order valence-electron chi connectivity index (χ3n) is 4.91. The van der Waals surface area contributed by atoms with E-state index in [1.54, 1.807) is 0 Å². The third kappa shape index (κ3) is 3.83. The summed E-state index contributed by atoms with van der Waals surface area (Å²) in [5, 5.41) is 4.69. The molecule has 2 aromatic rings. The third-order valence-corrected chi connectivity index (χ3v) is 5.46. The van der Waals surface area contributed by atoms with Crippen molar-refractivity contribution >= 4 is 34.3 Å². The van der Waals surface area contributed by atoms with Crippen LogP contribution < -0.4 is 10.1 Å². The van der Waals surface area contributed by atoms with Crippen molar-refractivity contribution in [1.29, 1.82) is 0 Å². The van der Waals surface area contributed by atoms with Gasteiger partial charge in [0.15, 0.2) is 0 Å². The smallest absolute Gasteiger partial charge is 0.119 e. The second-order valence-electron chi connectivity index (χ2n) is 6.71. The van der Waals surface area contributed by atoms with E-state index in [1.807, 2.05) is 18.2 Å². The summed E-state index contributed by atoms with van der Waals surface area (Å²) in [4.78, 5) is 0. The largest absolute Gasteiger partial charge is 0.489 e. The molecule has 1 aliphatic carbocycles. The zero-order valence-electron chi connectivity index (χ0n) is 14.5. The summed E-state index contributed by atoms with van der Waals surface area (Å²) >= 11 is 12.5. The van der Waals surface area contributed by atoms with Crippen LogP contribution in [-0.2, 0) is 0 Å². The van der Waals surface area contributed by atoms with Crippen LogP contribution in [0, 0.1) is 0 Å². The van der Waals surface area contributed by atoms with Crippen LogP contribution in [0.2, 0.25) is 10.0 Å². The van der Waals surface area contributed by atoms with E-state index in [4.69, 9.17) is 27.9 Å². The van der Waals surface area contributed by atoms with Gasteiger partial charge in [0, 0.05) is 16.6 Å². The Balaban J connectivity index is 1.65.